The van der Waals surface area contributed by atoms with Crippen LogP contribution < -0.4 is 4.74 Å². The molecule has 3 heterocycles. The van der Waals surface area contributed by atoms with Crippen LogP contribution in [0, 0.1) is 5.92 Å². The monoisotopic (exact) mass is 289 g/mol. The molecule has 2 fully saturated rings. The Balaban J connectivity index is 1.54. The van der Waals surface area contributed by atoms with Gasteiger partial charge in [0.05, 0.1) is 6.61 Å². The highest BCUT2D eigenvalue weighted by atomic mass is 16.5. The van der Waals surface area contributed by atoms with Crippen molar-refractivity contribution in [1.29, 1.82) is 0 Å². The van der Waals surface area contributed by atoms with Crippen LogP contribution in [0.4, 0.5) is 0 Å². The SMILES string of the molecule is CC(C)N1CC2(C[C@@H](COc3ccccn3)CCN2C)C1. The first-order valence-corrected chi connectivity index (χ1v) is 8.08. The van der Waals surface area contributed by atoms with E-state index in [-0.39, 0.29) is 0 Å². The predicted octanol–water partition coefficient (Wildman–Crippen LogP) is 2.27. The van der Waals surface area contributed by atoms with Gasteiger partial charge in [-0.3, -0.25) is 9.80 Å². The second-order valence-corrected chi connectivity index (χ2v) is 6.98. The number of nitrogens with zero attached hydrogens (tertiary/aromatic N) is 3. The molecule has 0 saturated carbocycles. The molecule has 1 aromatic rings. The molecule has 1 aromatic heterocycles. The van der Waals surface area contributed by atoms with Gasteiger partial charge >= 0.3 is 0 Å². The van der Waals surface area contributed by atoms with E-state index in [9.17, 15) is 0 Å². The second kappa shape index (κ2) is 5.93. The molecular formula is C17H27N3O. The van der Waals surface area contributed by atoms with E-state index in [1.54, 1.807) is 6.20 Å². The molecule has 116 valence electrons. The fourth-order valence-corrected chi connectivity index (χ4v) is 3.63. The van der Waals surface area contributed by atoms with Crippen LogP contribution in [-0.4, -0.2) is 59.7 Å². The van der Waals surface area contributed by atoms with E-state index in [4.69, 9.17) is 4.74 Å². The van der Waals surface area contributed by atoms with Gasteiger partial charge in [0.1, 0.15) is 0 Å². The lowest BCUT2D eigenvalue weighted by Crippen LogP contribution is -2.72. The van der Waals surface area contributed by atoms with Crippen molar-refractivity contribution >= 4 is 0 Å². The Morgan fingerprint density at radius 2 is 2.19 bits per heavy atom. The number of rotatable bonds is 4. The minimum atomic E-state index is 0.390. The second-order valence-electron chi connectivity index (χ2n) is 6.98. The van der Waals surface area contributed by atoms with Gasteiger partial charge in [-0.05, 0) is 52.3 Å². The molecule has 4 nitrogen and oxygen atoms in total. The number of piperidine rings is 1. The van der Waals surface area contributed by atoms with Crippen LogP contribution in [-0.2, 0) is 0 Å². The van der Waals surface area contributed by atoms with E-state index < -0.39 is 0 Å². The average molecular weight is 289 g/mol. The summed E-state index contributed by atoms with van der Waals surface area (Å²) < 4.78 is 5.87. The van der Waals surface area contributed by atoms with Crippen molar-refractivity contribution in [3.05, 3.63) is 24.4 Å². The van der Waals surface area contributed by atoms with Crippen molar-refractivity contribution in [3.8, 4) is 5.88 Å². The number of hydrogen-bond donors (Lipinski definition) is 0. The van der Waals surface area contributed by atoms with Gasteiger partial charge in [0.25, 0.3) is 0 Å². The fraction of sp³-hybridized carbons (Fsp3) is 0.706. The maximum atomic E-state index is 5.87. The number of hydrogen-bond acceptors (Lipinski definition) is 4. The molecule has 21 heavy (non-hydrogen) atoms. The van der Waals surface area contributed by atoms with Crippen molar-refractivity contribution in [2.24, 2.45) is 5.92 Å². The van der Waals surface area contributed by atoms with Gasteiger partial charge in [-0.2, -0.15) is 0 Å². The molecule has 0 unspecified atom stereocenters. The molecule has 0 radical (unpaired) electrons. The Bertz CT molecular complexity index is 456. The van der Waals surface area contributed by atoms with Gasteiger partial charge in [0, 0.05) is 36.9 Å². The lowest BCUT2D eigenvalue weighted by molar-refractivity contribution is -0.0954. The zero-order valence-corrected chi connectivity index (χ0v) is 13.5. The Hall–Kier alpha value is -1.13. The third-order valence-electron chi connectivity index (χ3n) is 5.18. The molecule has 1 spiro atoms. The number of pyridine rings is 1. The molecule has 4 heteroatoms. The van der Waals surface area contributed by atoms with E-state index in [1.165, 1.54) is 32.5 Å². The quantitative estimate of drug-likeness (QED) is 0.850. The van der Waals surface area contributed by atoms with E-state index >= 15 is 0 Å². The van der Waals surface area contributed by atoms with Crippen LogP contribution in [0.15, 0.2) is 24.4 Å². The summed E-state index contributed by atoms with van der Waals surface area (Å²) in [6.07, 6.45) is 4.27. The fourth-order valence-electron chi connectivity index (χ4n) is 3.63. The van der Waals surface area contributed by atoms with Crippen LogP contribution >= 0.6 is 0 Å². The van der Waals surface area contributed by atoms with Crippen LogP contribution in [0.5, 0.6) is 5.88 Å². The Kier molecular flexibility index (Phi) is 4.18. The highest BCUT2D eigenvalue weighted by Gasteiger charge is 2.49. The molecule has 2 aliphatic heterocycles. The summed E-state index contributed by atoms with van der Waals surface area (Å²) in [5.74, 6) is 1.40. The largest absolute Gasteiger partial charge is 0.477 e. The molecule has 0 aromatic carbocycles. The molecule has 0 bridgehead atoms. The standard InChI is InChI=1S/C17H27N3O/c1-14(2)20-12-17(13-20)10-15(7-9-19(17)3)11-21-16-6-4-5-8-18-16/h4-6,8,14-15H,7,9-13H2,1-3H3/t15-/m0/s1. The van der Waals surface area contributed by atoms with Gasteiger partial charge in [0.2, 0.25) is 5.88 Å². The van der Waals surface area contributed by atoms with Crippen molar-refractivity contribution < 1.29 is 4.74 Å². The third kappa shape index (κ3) is 3.06. The lowest BCUT2D eigenvalue weighted by atomic mass is 9.75. The molecule has 0 aliphatic carbocycles. The minimum Gasteiger partial charge on any atom is -0.477 e. The summed E-state index contributed by atoms with van der Waals surface area (Å²) in [5, 5.41) is 0. The highest BCUT2D eigenvalue weighted by molar-refractivity contribution is 5.10. The van der Waals surface area contributed by atoms with Gasteiger partial charge in [0.15, 0.2) is 0 Å². The molecule has 1 atom stereocenters. The van der Waals surface area contributed by atoms with E-state index in [0.717, 1.165) is 12.5 Å². The summed E-state index contributed by atoms with van der Waals surface area (Å²) in [6, 6.07) is 6.50. The molecule has 2 aliphatic rings. The van der Waals surface area contributed by atoms with Gasteiger partial charge < -0.3 is 4.74 Å². The normalized spacial score (nSPS) is 26.0. The maximum Gasteiger partial charge on any atom is 0.213 e. The van der Waals surface area contributed by atoms with Crippen molar-refractivity contribution in [2.75, 3.05) is 33.3 Å². The topological polar surface area (TPSA) is 28.6 Å². The maximum absolute atomic E-state index is 5.87. The number of likely N-dealkylation sites (tertiary alicyclic amines) is 2. The van der Waals surface area contributed by atoms with E-state index in [2.05, 4.69) is 35.7 Å². The van der Waals surface area contributed by atoms with Crippen LogP contribution in [0.3, 0.4) is 0 Å². The van der Waals surface area contributed by atoms with E-state index in [1.807, 2.05) is 18.2 Å². The number of ether oxygens (including phenoxy) is 1. The summed E-state index contributed by atoms with van der Waals surface area (Å²) in [6.45, 7) is 8.98. The molecule has 0 N–H and O–H groups in total. The molecule has 2 saturated heterocycles. The van der Waals surface area contributed by atoms with Crippen molar-refractivity contribution in [2.45, 2.75) is 38.3 Å². The summed E-state index contributed by atoms with van der Waals surface area (Å²) in [7, 11) is 2.29. The highest BCUT2D eigenvalue weighted by Crippen LogP contribution is 2.39. The third-order valence-corrected chi connectivity index (χ3v) is 5.18. The van der Waals surface area contributed by atoms with Gasteiger partial charge in [-0.15, -0.1) is 0 Å². The first kappa shape index (κ1) is 14.8. The lowest BCUT2D eigenvalue weighted by Gasteiger charge is -2.60. The van der Waals surface area contributed by atoms with E-state index in [0.29, 0.717) is 17.5 Å². The molecule has 0 amide bonds. The molecular weight excluding hydrogens is 262 g/mol. The smallest absolute Gasteiger partial charge is 0.213 e. The number of likely N-dealkylation sites (N-methyl/N-ethyl adjacent to an activating group) is 1. The Morgan fingerprint density at radius 3 is 2.86 bits per heavy atom. The zero-order chi connectivity index (χ0) is 14.9. The van der Waals surface area contributed by atoms with Crippen molar-refractivity contribution in [1.82, 2.24) is 14.8 Å². The predicted molar refractivity (Wildman–Crippen MR) is 84.5 cm³/mol. The zero-order valence-electron chi connectivity index (χ0n) is 13.5. The summed E-state index contributed by atoms with van der Waals surface area (Å²) >= 11 is 0. The van der Waals surface area contributed by atoms with Crippen LogP contribution in [0.2, 0.25) is 0 Å². The first-order chi connectivity index (χ1) is 10.1. The Morgan fingerprint density at radius 1 is 1.38 bits per heavy atom. The van der Waals surface area contributed by atoms with Crippen LogP contribution in [0.25, 0.3) is 0 Å². The molecule has 3 rings (SSSR count). The summed E-state index contributed by atoms with van der Waals surface area (Å²) in [4.78, 5) is 9.38. The van der Waals surface area contributed by atoms with Crippen LogP contribution in [0.1, 0.15) is 26.7 Å². The first-order valence-electron chi connectivity index (χ1n) is 8.08. The average Bonchev–Trinajstić information content (AvgIpc) is 2.45. The minimum absolute atomic E-state index is 0.390. The number of aromatic nitrogens is 1. The summed E-state index contributed by atoms with van der Waals surface area (Å²) in [5.41, 5.74) is 0.390. The Labute approximate surface area is 128 Å². The van der Waals surface area contributed by atoms with Crippen molar-refractivity contribution in [3.63, 3.8) is 0 Å². The van der Waals surface area contributed by atoms with Gasteiger partial charge in [-0.1, -0.05) is 6.07 Å². The van der Waals surface area contributed by atoms with Gasteiger partial charge in [-0.25, -0.2) is 4.98 Å².